The molecule has 5 rings (SSSR count). The Morgan fingerprint density at radius 2 is 1.47 bits per heavy atom. The van der Waals surface area contributed by atoms with E-state index in [9.17, 15) is 0 Å². The zero-order valence-electron chi connectivity index (χ0n) is 17.3. The van der Waals surface area contributed by atoms with Crippen LogP contribution in [0.2, 0.25) is 0 Å². The van der Waals surface area contributed by atoms with E-state index in [1.165, 1.54) is 6.42 Å². The first kappa shape index (κ1) is 20.2. The van der Waals surface area contributed by atoms with Gasteiger partial charge in [-0.05, 0) is 24.0 Å². The van der Waals surface area contributed by atoms with Crippen molar-refractivity contribution < 1.29 is 23.7 Å². The van der Waals surface area contributed by atoms with Gasteiger partial charge in [-0.15, -0.1) is 0 Å². The van der Waals surface area contributed by atoms with Crippen LogP contribution in [0.25, 0.3) is 0 Å². The SMILES string of the molecule is c1ccc(COC[C@H]2O[C@@H]3OC4(CCCCC4)O[C@@H]3[C@H]2OCc2ccccc2)cc1. The molecular weight excluding hydrogens is 380 g/mol. The molecule has 4 atom stereocenters. The fourth-order valence-electron chi connectivity index (χ4n) is 4.69. The lowest BCUT2D eigenvalue weighted by molar-refractivity contribution is -0.252. The summed E-state index contributed by atoms with van der Waals surface area (Å²) in [6.45, 7) is 1.51. The molecular formula is C25H30O5. The average Bonchev–Trinajstić information content (AvgIpc) is 3.28. The summed E-state index contributed by atoms with van der Waals surface area (Å²) in [5, 5.41) is 0. The highest BCUT2D eigenvalue weighted by molar-refractivity contribution is 5.14. The van der Waals surface area contributed by atoms with Crippen LogP contribution >= 0.6 is 0 Å². The van der Waals surface area contributed by atoms with Crippen molar-refractivity contribution in [1.29, 1.82) is 0 Å². The van der Waals surface area contributed by atoms with Crippen LogP contribution < -0.4 is 0 Å². The van der Waals surface area contributed by atoms with Crippen LogP contribution in [0.4, 0.5) is 0 Å². The maximum atomic E-state index is 6.48. The van der Waals surface area contributed by atoms with Crippen LogP contribution in [0.1, 0.15) is 43.2 Å². The summed E-state index contributed by atoms with van der Waals surface area (Å²) in [6.07, 6.45) is 4.37. The first-order chi connectivity index (χ1) is 14.8. The summed E-state index contributed by atoms with van der Waals surface area (Å²) in [4.78, 5) is 0. The van der Waals surface area contributed by atoms with Gasteiger partial charge in [0.1, 0.15) is 18.3 Å². The second-order valence-electron chi connectivity index (χ2n) is 8.48. The predicted octanol–water partition coefficient (Wildman–Crippen LogP) is 4.59. The summed E-state index contributed by atoms with van der Waals surface area (Å²) in [7, 11) is 0. The highest BCUT2D eigenvalue weighted by Crippen LogP contribution is 2.45. The van der Waals surface area contributed by atoms with E-state index in [-0.39, 0.29) is 24.6 Å². The van der Waals surface area contributed by atoms with Crippen LogP contribution in [0.3, 0.4) is 0 Å². The molecule has 2 aromatic carbocycles. The smallest absolute Gasteiger partial charge is 0.190 e. The molecule has 2 saturated heterocycles. The van der Waals surface area contributed by atoms with E-state index in [1.54, 1.807) is 0 Å². The molecule has 3 fully saturated rings. The Balaban J connectivity index is 1.24. The molecule has 5 heteroatoms. The van der Waals surface area contributed by atoms with E-state index in [0.717, 1.165) is 36.8 Å². The number of hydrogen-bond donors (Lipinski definition) is 0. The normalized spacial score (nSPS) is 29.9. The highest BCUT2D eigenvalue weighted by Gasteiger charge is 2.58. The monoisotopic (exact) mass is 410 g/mol. The van der Waals surface area contributed by atoms with Gasteiger partial charge in [-0.1, -0.05) is 67.1 Å². The van der Waals surface area contributed by atoms with Crippen molar-refractivity contribution in [3.05, 3.63) is 71.8 Å². The fraction of sp³-hybridized carbons (Fsp3) is 0.520. The second kappa shape index (κ2) is 9.16. The molecule has 0 bridgehead atoms. The van der Waals surface area contributed by atoms with Crippen molar-refractivity contribution >= 4 is 0 Å². The Hall–Kier alpha value is -1.76. The summed E-state index contributed by atoms with van der Waals surface area (Å²) < 4.78 is 31.4. The lowest BCUT2D eigenvalue weighted by Crippen LogP contribution is -2.41. The van der Waals surface area contributed by atoms with Gasteiger partial charge >= 0.3 is 0 Å². The molecule has 1 spiro atoms. The van der Waals surface area contributed by atoms with Crippen molar-refractivity contribution in [3.8, 4) is 0 Å². The van der Waals surface area contributed by atoms with Crippen LogP contribution in [0, 0.1) is 0 Å². The summed E-state index contributed by atoms with van der Waals surface area (Å²) in [5.74, 6) is -0.488. The minimum absolute atomic E-state index is 0.211. The molecule has 0 N–H and O–H groups in total. The molecule has 3 aliphatic rings. The van der Waals surface area contributed by atoms with Crippen LogP contribution in [0.5, 0.6) is 0 Å². The third-order valence-corrected chi connectivity index (χ3v) is 6.24. The molecule has 2 aromatic rings. The molecule has 160 valence electrons. The van der Waals surface area contributed by atoms with Crippen molar-refractivity contribution in [3.63, 3.8) is 0 Å². The molecule has 30 heavy (non-hydrogen) atoms. The average molecular weight is 411 g/mol. The molecule has 5 nitrogen and oxygen atoms in total. The Morgan fingerprint density at radius 1 is 0.800 bits per heavy atom. The minimum atomic E-state index is -0.488. The highest BCUT2D eigenvalue weighted by atomic mass is 16.8. The van der Waals surface area contributed by atoms with Gasteiger partial charge in [0, 0.05) is 12.8 Å². The van der Waals surface area contributed by atoms with Gasteiger partial charge < -0.3 is 23.7 Å². The van der Waals surface area contributed by atoms with Gasteiger partial charge in [-0.2, -0.15) is 0 Å². The third-order valence-electron chi connectivity index (χ3n) is 6.24. The zero-order valence-corrected chi connectivity index (χ0v) is 17.3. The molecule has 1 saturated carbocycles. The number of benzene rings is 2. The maximum Gasteiger partial charge on any atom is 0.190 e. The standard InChI is InChI=1S/C25H30O5/c1-4-10-19(11-5-1)16-26-18-21-22(27-17-20-12-6-2-7-13-20)23-24(28-21)30-25(29-23)14-8-3-9-15-25/h1-2,4-7,10-13,21-24H,3,8-9,14-18H2/t21-,22+,23-,24-/m1/s1. The summed E-state index contributed by atoms with van der Waals surface area (Å²) in [6, 6.07) is 20.4. The zero-order chi connectivity index (χ0) is 20.2. The van der Waals surface area contributed by atoms with Gasteiger partial charge in [0.15, 0.2) is 12.1 Å². The first-order valence-electron chi connectivity index (χ1n) is 11.1. The number of hydrogen-bond acceptors (Lipinski definition) is 5. The number of ether oxygens (including phenoxy) is 5. The summed E-state index contributed by atoms with van der Waals surface area (Å²) in [5.41, 5.74) is 2.28. The van der Waals surface area contributed by atoms with Gasteiger partial charge in [0.2, 0.25) is 0 Å². The second-order valence-corrected chi connectivity index (χ2v) is 8.48. The van der Waals surface area contributed by atoms with E-state index >= 15 is 0 Å². The molecule has 0 aromatic heterocycles. The summed E-state index contributed by atoms with van der Waals surface area (Å²) >= 11 is 0. The van der Waals surface area contributed by atoms with Gasteiger partial charge in [-0.25, -0.2) is 0 Å². The Kier molecular flexibility index (Phi) is 6.16. The number of rotatable bonds is 7. The van der Waals surface area contributed by atoms with Crippen molar-refractivity contribution in [2.75, 3.05) is 6.61 Å². The van der Waals surface area contributed by atoms with Crippen molar-refractivity contribution in [1.82, 2.24) is 0 Å². The van der Waals surface area contributed by atoms with Gasteiger partial charge in [-0.3, -0.25) is 0 Å². The predicted molar refractivity (Wildman–Crippen MR) is 112 cm³/mol. The number of fused-ring (bicyclic) bond motifs is 1. The van der Waals surface area contributed by atoms with Crippen LogP contribution in [0.15, 0.2) is 60.7 Å². The third kappa shape index (κ3) is 4.46. The molecule has 0 radical (unpaired) electrons. The largest absolute Gasteiger partial charge is 0.374 e. The fourth-order valence-corrected chi connectivity index (χ4v) is 4.69. The van der Waals surface area contributed by atoms with Crippen LogP contribution in [-0.2, 0) is 36.9 Å². The van der Waals surface area contributed by atoms with E-state index in [1.807, 2.05) is 36.4 Å². The van der Waals surface area contributed by atoms with Crippen molar-refractivity contribution in [2.24, 2.45) is 0 Å². The van der Waals surface area contributed by atoms with Gasteiger partial charge in [0.05, 0.1) is 19.8 Å². The lowest BCUT2D eigenvalue weighted by atomic mass is 9.94. The maximum absolute atomic E-state index is 6.48. The van der Waals surface area contributed by atoms with E-state index in [0.29, 0.717) is 19.8 Å². The molecule has 2 heterocycles. The van der Waals surface area contributed by atoms with Crippen molar-refractivity contribution in [2.45, 2.75) is 75.7 Å². The Labute approximate surface area is 178 Å². The quantitative estimate of drug-likeness (QED) is 0.668. The molecule has 1 aliphatic carbocycles. The molecule has 2 aliphatic heterocycles. The van der Waals surface area contributed by atoms with Crippen LogP contribution in [-0.4, -0.2) is 37.0 Å². The Bertz CT molecular complexity index is 790. The van der Waals surface area contributed by atoms with E-state index < -0.39 is 5.79 Å². The first-order valence-corrected chi connectivity index (χ1v) is 11.1. The Morgan fingerprint density at radius 3 is 2.17 bits per heavy atom. The van der Waals surface area contributed by atoms with E-state index in [4.69, 9.17) is 23.7 Å². The van der Waals surface area contributed by atoms with Gasteiger partial charge in [0.25, 0.3) is 0 Å². The molecule has 0 unspecified atom stereocenters. The topological polar surface area (TPSA) is 46.2 Å². The minimum Gasteiger partial charge on any atom is -0.374 e. The van der Waals surface area contributed by atoms with E-state index in [2.05, 4.69) is 24.3 Å². The lowest BCUT2D eigenvalue weighted by Gasteiger charge is -2.34. The molecule has 0 amide bonds.